The Morgan fingerprint density at radius 1 is 1.12 bits per heavy atom. The number of hydrogen-bond donors (Lipinski definition) is 2. The standard InChI is InChI=1S/C21H22FN7O3S/c1-28-8-10-29(11-9-28)33(31,32)14-5-6-15(16(22)12-14)17-13-25-20(23)19(26-17)21(30)27-18-4-2-3-7-24-18/h2-7,12-13H,8-11H2,1H3,(H2,23,25)(H,24,27,30). The van der Waals surface area contributed by atoms with E-state index in [1.54, 1.807) is 18.2 Å². The number of piperazine rings is 1. The number of halogens is 1. The first kappa shape index (κ1) is 22.7. The van der Waals surface area contributed by atoms with Crippen molar-refractivity contribution in [1.82, 2.24) is 24.2 Å². The van der Waals surface area contributed by atoms with Crippen LogP contribution in [0.5, 0.6) is 0 Å². The zero-order valence-electron chi connectivity index (χ0n) is 17.8. The third-order valence-electron chi connectivity index (χ3n) is 5.24. The number of nitrogen functional groups attached to an aromatic ring is 1. The number of carbonyl (C=O) groups excluding carboxylic acids is 1. The summed E-state index contributed by atoms with van der Waals surface area (Å²) in [6.45, 7) is 1.87. The molecule has 3 aromatic rings. The van der Waals surface area contributed by atoms with Crippen molar-refractivity contribution < 1.29 is 17.6 Å². The summed E-state index contributed by atoms with van der Waals surface area (Å²) >= 11 is 0. The molecule has 2 aromatic heterocycles. The molecule has 0 atom stereocenters. The maximum atomic E-state index is 15.0. The van der Waals surface area contributed by atoms with Crippen molar-refractivity contribution in [2.45, 2.75) is 4.90 Å². The van der Waals surface area contributed by atoms with Crippen LogP contribution in [0.15, 0.2) is 53.7 Å². The van der Waals surface area contributed by atoms with Gasteiger partial charge in [-0.05, 0) is 37.4 Å². The van der Waals surface area contributed by atoms with E-state index in [0.29, 0.717) is 32.0 Å². The highest BCUT2D eigenvalue weighted by atomic mass is 32.2. The number of carbonyl (C=O) groups is 1. The van der Waals surface area contributed by atoms with Crippen LogP contribution in [0.4, 0.5) is 16.0 Å². The van der Waals surface area contributed by atoms with Crippen molar-refractivity contribution in [3.8, 4) is 11.3 Å². The molecule has 0 unspecified atom stereocenters. The number of pyridine rings is 1. The van der Waals surface area contributed by atoms with Crippen LogP contribution in [0.25, 0.3) is 11.3 Å². The number of nitrogens with two attached hydrogens (primary N) is 1. The Bertz CT molecular complexity index is 1280. The summed E-state index contributed by atoms with van der Waals surface area (Å²) in [5.74, 6) is -1.31. The molecule has 3 heterocycles. The molecule has 1 fully saturated rings. The smallest absolute Gasteiger partial charge is 0.279 e. The highest BCUT2D eigenvalue weighted by Gasteiger charge is 2.28. The third-order valence-corrected chi connectivity index (χ3v) is 7.13. The van der Waals surface area contributed by atoms with Gasteiger partial charge < -0.3 is 16.0 Å². The van der Waals surface area contributed by atoms with Gasteiger partial charge in [-0.3, -0.25) is 4.79 Å². The zero-order chi connectivity index (χ0) is 23.6. The van der Waals surface area contributed by atoms with Crippen LogP contribution in [-0.2, 0) is 10.0 Å². The quantitative estimate of drug-likeness (QED) is 0.571. The molecule has 1 aromatic carbocycles. The molecule has 0 spiro atoms. The highest BCUT2D eigenvalue weighted by molar-refractivity contribution is 7.89. The number of likely N-dealkylation sites (N-methyl/N-ethyl adjacent to an activating group) is 1. The Hall–Kier alpha value is -3.48. The lowest BCUT2D eigenvalue weighted by Gasteiger charge is -2.31. The first-order valence-electron chi connectivity index (χ1n) is 10.1. The van der Waals surface area contributed by atoms with Gasteiger partial charge in [-0.2, -0.15) is 4.31 Å². The van der Waals surface area contributed by atoms with E-state index in [4.69, 9.17) is 5.73 Å². The van der Waals surface area contributed by atoms with E-state index in [9.17, 15) is 17.6 Å². The number of rotatable bonds is 5. The van der Waals surface area contributed by atoms with Crippen LogP contribution in [0.3, 0.4) is 0 Å². The Morgan fingerprint density at radius 2 is 1.88 bits per heavy atom. The highest BCUT2D eigenvalue weighted by Crippen LogP contribution is 2.26. The number of anilines is 2. The SMILES string of the molecule is CN1CCN(S(=O)(=O)c2ccc(-c3cnc(N)c(C(=O)Nc4ccccn4)n3)c(F)c2)CC1. The van der Waals surface area contributed by atoms with Gasteiger partial charge in [0.25, 0.3) is 5.91 Å². The number of benzene rings is 1. The monoisotopic (exact) mass is 471 g/mol. The number of nitrogens with zero attached hydrogens (tertiary/aromatic N) is 5. The summed E-state index contributed by atoms with van der Waals surface area (Å²) in [4.78, 5) is 26.6. The molecule has 172 valence electrons. The van der Waals surface area contributed by atoms with Crippen LogP contribution in [0.2, 0.25) is 0 Å². The van der Waals surface area contributed by atoms with Crippen LogP contribution in [-0.4, -0.2) is 71.7 Å². The number of amides is 1. The van der Waals surface area contributed by atoms with E-state index in [1.165, 1.54) is 28.8 Å². The van der Waals surface area contributed by atoms with Gasteiger partial charge in [0.2, 0.25) is 10.0 Å². The van der Waals surface area contributed by atoms with Crippen molar-refractivity contribution in [2.24, 2.45) is 0 Å². The van der Waals surface area contributed by atoms with Gasteiger partial charge in [0.1, 0.15) is 11.6 Å². The minimum absolute atomic E-state index is 0.00767. The van der Waals surface area contributed by atoms with Gasteiger partial charge in [-0.15, -0.1) is 0 Å². The molecular weight excluding hydrogens is 449 g/mol. The van der Waals surface area contributed by atoms with E-state index >= 15 is 0 Å². The maximum Gasteiger partial charge on any atom is 0.279 e. The molecule has 10 nitrogen and oxygen atoms in total. The molecular formula is C21H22FN7O3S. The Balaban J connectivity index is 1.61. The van der Waals surface area contributed by atoms with Crippen molar-refractivity contribution >= 4 is 27.6 Å². The van der Waals surface area contributed by atoms with Crippen LogP contribution in [0, 0.1) is 5.82 Å². The Morgan fingerprint density at radius 3 is 2.55 bits per heavy atom. The van der Waals surface area contributed by atoms with E-state index < -0.39 is 21.7 Å². The van der Waals surface area contributed by atoms with Crippen molar-refractivity contribution in [1.29, 1.82) is 0 Å². The lowest BCUT2D eigenvalue weighted by atomic mass is 10.1. The van der Waals surface area contributed by atoms with Crippen LogP contribution in [0.1, 0.15) is 10.5 Å². The van der Waals surface area contributed by atoms with Crippen molar-refractivity contribution in [3.63, 3.8) is 0 Å². The van der Waals surface area contributed by atoms with E-state index in [0.717, 1.165) is 6.07 Å². The summed E-state index contributed by atoms with van der Waals surface area (Å²) in [6, 6.07) is 8.55. The zero-order valence-corrected chi connectivity index (χ0v) is 18.6. The van der Waals surface area contributed by atoms with Gasteiger partial charge in [0.15, 0.2) is 11.5 Å². The number of nitrogens with one attached hydrogen (secondary N) is 1. The molecule has 1 aliphatic rings. The number of hydrogen-bond acceptors (Lipinski definition) is 8. The Labute approximate surface area is 190 Å². The molecule has 0 bridgehead atoms. The van der Waals surface area contributed by atoms with Crippen LogP contribution < -0.4 is 11.1 Å². The topological polar surface area (TPSA) is 134 Å². The first-order valence-corrected chi connectivity index (χ1v) is 11.5. The summed E-state index contributed by atoms with van der Waals surface area (Å²) in [7, 11) is -1.92. The third kappa shape index (κ3) is 4.82. The Kier molecular flexibility index (Phi) is 6.31. The van der Waals surface area contributed by atoms with Crippen molar-refractivity contribution in [3.05, 3.63) is 60.3 Å². The van der Waals surface area contributed by atoms with E-state index in [1.807, 2.05) is 11.9 Å². The lowest BCUT2D eigenvalue weighted by Crippen LogP contribution is -2.47. The summed E-state index contributed by atoms with van der Waals surface area (Å²) in [5.41, 5.74) is 5.63. The molecule has 4 rings (SSSR count). The molecule has 12 heteroatoms. The van der Waals surface area contributed by atoms with Gasteiger partial charge in [0, 0.05) is 37.9 Å². The lowest BCUT2D eigenvalue weighted by molar-refractivity contribution is 0.102. The molecule has 0 aliphatic carbocycles. The summed E-state index contributed by atoms with van der Waals surface area (Å²) in [6.07, 6.45) is 2.73. The average Bonchev–Trinajstić information content (AvgIpc) is 2.80. The second-order valence-electron chi connectivity index (χ2n) is 7.51. The molecule has 1 saturated heterocycles. The van der Waals surface area contributed by atoms with Gasteiger partial charge in [0.05, 0.1) is 16.8 Å². The fourth-order valence-corrected chi connectivity index (χ4v) is 4.78. The van der Waals surface area contributed by atoms with Crippen LogP contribution >= 0.6 is 0 Å². The van der Waals surface area contributed by atoms with Crippen molar-refractivity contribution in [2.75, 3.05) is 44.3 Å². The summed E-state index contributed by atoms with van der Waals surface area (Å²) in [5, 5.41) is 2.55. The molecule has 0 radical (unpaired) electrons. The maximum absolute atomic E-state index is 15.0. The summed E-state index contributed by atoms with van der Waals surface area (Å²) < 4.78 is 42.1. The first-order chi connectivity index (χ1) is 15.8. The second kappa shape index (κ2) is 9.17. The van der Waals surface area contributed by atoms with Gasteiger partial charge in [-0.25, -0.2) is 27.8 Å². The predicted molar refractivity (Wildman–Crippen MR) is 120 cm³/mol. The normalized spacial score (nSPS) is 15.3. The van der Waals surface area contributed by atoms with Gasteiger partial charge >= 0.3 is 0 Å². The minimum Gasteiger partial charge on any atom is -0.382 e. The van der Waals surface area contributed by atoms with E-state index in [-0.39, 0.29) is 27.7 Å². The second-order valence-corrected chi connectivity index (χ2v) is 9.45. The fraction of sp³-hybridized carbons (Fsp3) is 0.238. The molecule has 1 aliphatic heterocycles. The molecule has 3 N–H and O–H groups in total. The minimum atomic E-state index is -3.83. The predicted octanol–water partition coefficient (Wildman–Crippen LogP) is 1.45. The number of sulfonamides is 1. The molecule has 1 amide bonds. The molecule has 0 saturated carbocycles. The number of aromatic nitrogens is 3. The van der Waals surface area contributed by atoms with E-state index in [2.05, 4.69) is 20.3 Å². The fourth-order valence-electron chi connectivity index (χ4n) is 3.35. The largest absolute Gasteiger partial charge is 0.382 e. The van der Waals surface area contributed by atoms with Gasteiger partial charge in [-0.1, -0.05) is 6.07 Å². The average molecular weight is 472 g/mol. The molecule has 33 heavy (non-hydrogen) atoms.